The van der Waals surface area contributed by atoms with Crippen molar-refractivity contribution in [2.75, 3.05) is 24.7 Å². The molecule has 1 unspecified atom stereocenters. The van der Waals surface area contributed by atoms with Crippen LogP contribution in [0.3, 0.4) is 0 Å². The summed E-state index contributed by atoms with van der Waals surface area (Å²) in [5.41, 5.74) is 0. The Labute approximate surface area is 114 Å². The molecule has 0 bridgehead atoms. The number of hydrogen-bond donors (Lipinski definition) is 1. The minimum absolute atomic E-state index is 0.282. The fourth-order valence-electron chi connectivity index (χ4n) is 1.87. The molecule has 0 radical (unpaired) electrons. The molecule has 8 heteroatoms. The molecule has 0 spiro atoms. The van der Waals surface area contributed by atoms with Gasteiger partial charge >= 0.3 is 0 Å². The van der Waals surface area contributed by atoms with E-state index < -0.39 is 9.84 Å². The van der Waals surface area contributed by atoms with E-state index in [1.165, 1.54) is 7.11 Å². The van der Waals surface area contributed by atoms with Crippen LogP contribution in [-0.4, -0.2) is 43.0 Å². The SMILES string of the molecule is COc1nc(NCC2CCCS2(=O)=O)ncc1Br. The predicted molar refractivity (Wildman–Crippen MR) is 71.6 cm³/mol. The monoisotopic (exact) mass is 335 g/mol. The zero-order valence-electron chi connectivity index (χ0n) is 9.89. The van der Waals surface area contributed by atoms with Gasteiger partial charge in [-0.1, -0.05) is 0 Å². The maximum Gasteiger partial charge on any atom is 0.232 e. The number of hydrogen-bond acceptors (Lipinski definition) is 6. The first kappa shape index (κ1) is 13.5. The molecule has 1 aromatic heterocycles. The standard InChI is InChI=1S/C10H14BrN3O3S/c1-17-9-8(11)6-13-10(14-9)12-5-7-3-2-4-18(7,15)16/h6-7H,2-5H2,1H3,(H,12,13,14). The smallest absolute Gasteiger partial charge is 0.232 e. The summed E-state index contributed by atoms with van der Waals surface area (Å²) in [6.45, 7) is 0.340. The summed E-state index contributed by atoms with van der Waals surface area (Å²) in [4.78, 5) is 8.17. The van der Waals surface area contributed by atoms with Gasteiger partial charge in [-0.05, 0) is 28.8 Å². The highest BCUT2D eigenvalue weighted by atomic mass is 79.9. The number of nitrogens with one attached hydrogen (secondary N) is 1. The van der Waals surface area contributed by atoms with Crippen LogP contribution in [0.15, 0.2) is 10.7 Å². The molecule has 1 N–H and O–H groups in total. The molecular weight excluding hydrogens is 322 g/mol. The highest BCUT2D eigenvalue weighted by molar-refractivity contribution is 9.10. The molecule has 0 saturated carbocycles. The molecule has 1 aliphatic rings. The molecule has 1 aliphatic heterocycles. The van der Waals surface area contributed by atoms with Crippen LogP contribution in [0.2, 0.25) is 0 Å². The minimum Gasteiger partial charge on any atom is -0.480 e. The molecule has 1 fully saturated rings. The van der Waals surface area contributed by atoms with E-state index in [-0.39, 0.29) is 11.0 Å². The van der Waals surface area contributed by atoms with Crippen LogP contribution in [-0.2, 0) is 9.84 Å². The third-order valence-electron chi connectivity index (χ3n) is 2.86. The lowest BCUT2D eigenvalue weighted by molar-refractivity contribution is 0.394. The molecule has 2 rings (SSSR count). The van der Waals surface area contributed by atoms with Crippen molar-refractivity contribution in [1.82, 2.24) is 9.97 Å². The summed E-state index contributed by atoms with van der Waals surface area (Å²) >= 11 is 3.25. The second-order valence-electron chi connectivity index (χ2n) is 4.06. The van der Waals surface area contributed by atoms with E-state index in [2.05, 4.69) is 31.2 Å². The Kier molecular flexibility index (Phi) is 4.06. The number of sulfone groups is 1. The van der Waals surface area contributed by atoms with Gasteiger partial charge in [-0.3, -0.25) is 0 Å². The minimum atomic E-state index is -2.94. The predicted octanol–water partition coefficient (Wildman–Crippen LogP) is 1.24. The quantitative estimate of drug-likeness (QED) is 0.891. The molecule has 1 saturated heterocycles. The van der Waals surface area contributed by atoms with Gasteiger partial charge < -0.3 is 10.1 Å². The number of methoxy groups -OCH3 is 1. The van der Waals surface area contributed by atoms with E-state index in [0.29, 0.717) is 29.3 Å². The van der Waals surface area contributed by atoms with E-state index in [9.17, 15) is 8.42 Å². The topological polar surface area (TPSA) is 81.2 Å². The molecule has 100 valence electrons. The van der Waals surface area contributed by atoms with Crippen molar-refractivity contribution in [3.63, 3.8) is 0 Å². The summed E-state index contributed by atoms with van der Waals surface area (Å²) < 4.78 is 29.0. The lowest BCUT2D eigenvalue weighted by atomic mass is 10.2. The van der Waals surface area contributed by atoms with E-state index in [1.807, 2.05) is 0 Å². The fourth-order valence-corrected chi connectivity index (χ4v) is 3.99. The largest absolute Gasteiger partial charge is 0.480 e. The summed E-state index contributed by atoms with van der Waals surface area (Å²) in [5, 5.41) is 2.60. The molecule has 6 nitrogen and oxygen atoms in total. The van der Waals surface area contributed by atoms with E-state index >= 15 is 0 Å². The van der Waals surface area contributed by atoms with Crippen LogP contribution in [0, 0.1) is 0 Å². The molecule has 0 aliphatic carbocycles. The van der Waals surface area contributed by atoms with Crippen LogP contribution in [0.5, 0.6) is 5.88 Å². The third-order valence-corrected chi connectivity index (χ3v) is 5.68. The Hall–Kier alpha value is -0.890. The maximum absolute atomic E-state index is 11.6. The Morgan fingerprint density at radius 1 is 1.61 bits per heavy atom. The highest BCUT2D eigenvalue weighted by Gasteiger charge is 2.31. The first-order valence-corrected chi connectivity index (χ1v) is 8.06. The van der Waals surface area contributed by atoms with Crippen LogP contribution in [0.25, 0.3) is 0 Å². The number of ether oxygens (including phenoxy) is 1. The van der Waals surface area contributed by atoms with E-state index in [4.69, 9.17) is 4.74 Å². The first-order chi connectivity index (χ1) is 8.53. The van der Waals surface area contributed by atoms with Crippen LogP contribution in [0.4, 0.5) is 5.95 Å². The molecule has 1 atom stereocenters. The van der Waals surface area contributed by atoms with Gasteiger partial charge in [0.2, 0.25) is 11.8 Å². The fraction of sp³-hybridized carbons (Fsp3) is 0.600. The molecule has 0 amide bonds. The number of rotatable bonds is 4. The molecule has 18 heavy (non-hydrogen) atoms. The van der Waals surface area contributed by atoms with E-state index in [0.717, 1.165) is 6.42 Å². The zero-order chi connectivity index (χ0) is 13.2. The van der Waals surface area contributed by atoms with Gasteiger partial charge in [0.1, 0.15) is 0 Å². The van der Waals surface area contributed by atoms with E-state index in [1.54, 1.807) is 6.20 Å². The summed E-state index contributed by atoms with van der Waals surface area (Å²) in [6.07, 6.45) is 3.00. The van der Waals surface area contributed by atoms with Gasteiger partial charge in [-0.2, -0.15) is 4.98 Å². The number of nitrogens with zero attached hydrogens (tertiary/aromatic N) is 2. The van der Waals surface area contributed by atoms with Gasteiger partial charge in [0.05, 0.1) is 28.8 Å². The van der Waals surface area contributed by atoms with Gasteiger partial charge in [0, 0.05) is 6.54 Å². The van der Waals surface area contributed by atoms with Gasteiger partial charge in [-0.15, -0.1) is 0 Å². The molecular formula is C10H14BrN3O3S. The van der Waals surface area contributed by atoms with Crippen molar-refractivity contribution >= 4 is 31.7 Å². The second kappa shape index (κ2) is 5.40. The average Bonchev–Trinajstić information content (AvgIpc) is 2.67. The maximum atomic E-state index is 11.6. The normalized spacial score (nSPS) is 21.8. The van der Waals surface area contributed by atoms with Gasteiger partial charge in [-0.25, -0.2) is 13.4 Å². The summed E-state index contributed by atoms with van der Waals surface area (Å²) in [5.74, 6) is 1.07. The number of halogens is 1. The zero-order valence-corrected chi connectivity index (χ0v) is 12.3. The summed E-state index contributed by atoms with van der Waals surface area (Å²) in [7, 11) is -1.43. The first-order valence-electron chi connectivity index (χ1n) is 5.55. The van der Waals surface area contributed by atoms with Crippen molar-refractivity contribution in [2.24, 2.45) is 0 Å². The molecule has 0 aromatic carbocycles. The Balaban J connectivity index is 2.02. The third kappa shape index (κ3) is 2.92. The van der Waals surface area contributed by atoms with Crippen molar-refractivity contribution in [3.8, 4) is 5.88 Å². The van der Waals surface area contributed by atoms with Crippen LogP contribution >= 0.6 is 15.9 Å². The van der Waals surface area contributed by atoms with Crippen molar-refractivity contribution in [2.45, 2.75) is 18.1 Å². The average molecular weight is 336 g/mol. The molecule has 1 aromatic rings. The lowest BCUT2D eigenvalue weighted by Gasteiger charge is -2.11. The van der Waals surface area contributed by atoms with Crippen molar-refractivity contribution in [1.29, 1.82) is 0 Å². The van der Waals surface area contributed by atoms with Crippen LogP contribution < -0.4 is 10.1 Å². The van der Waals surface area contributed by atoms with Crippen molar-refractivity contribution < 1.29 is 13.2 Å². The number of anilines is 1. The Morgan fingerprint density at radius 2 is 2.39 bits per heavy atom. The van der Waals surface area contributed by atoms with Gasteiger partial charge in [0.15, 0.2) is 9.84 Å². The lowest BCUT2D eigenvalue weighted by Crippen LogP contribution is -2.25. The Bertz CT molecular complexity index is 535. The Morgan fingerprint density at radius 3 is 3.00 bits per heavy atom. The number of aromatic nitrogens is 2. The van der Waals surface area contributed by atoms with Crippen molar-refractivity contribution in [3.05, 3.63) is 10.7 Å². The second-order valence-corrected chi connectivity index (χ2v) is 7.32. The molecule has 2 heterocycles. The summed E-state index contributed by atoms with van der Waals surface area (Å²) in [6, 6.07) is 0. The van der Waals surface area contributed by atoms with Crippen LogP contribution in [0.1, 0.15) is 12.8 Å². The highest BCUT2D eigenvalue weighted by Crippen LogP contribution is 2.23. The van der Waals surface area contributed by atoms with Gasteiger partial charge in [0.25, 0.3) is 0 Å².